The van der Waals surface area contributed by atoms with E-state index in [-0.39, 0.29) is 25.4 Å². The van der Waals surface area contributed by atoms with Crippen LogP contribution in [0.5, 0.6) is 0 Å². The van der Waals surface area contributed by atoms with Crippen LogP contribution >= 0.6 is 0 Å². The third-order valence-electron chi connectivity index (χ3n) is 3.25. The number of esters is 1. The van der Waals surface area contributed by atoms with Gasteiger partial charge in [0.2, 0.25) is 11.8 Å². The van der Waals surface area contributed by atoms with Crippen molar-refractivity contribution in [2.45, 2.75) is 65.3 Å². The molecule has 0 aliphatic heterocycles. The Kier molecular flexibility index (Phi) is 10.3. The summed E-state index contributed by atoms with van der Waals surface area (Å²) in [6, 6.07) is -0.725. The number of nitrogens with zero attached hydrogens (tertiary/aromatic N) is 1. The molecule has 0 rings (SSSR count). The van der Waals surface area contributed by atoms with Gasteiger partial charge in [-0.1, -0.05) is 19.8 Å². The first-order valence-corrected chi connectivity index (χ1v) is 7.72. The van der Waals surface area contributed by atoms with Crippen LogP contribution in [0.15, 0.2) is 0 Å². The van der Waals surface area contributed by atoms with E-state index in [1.807, 2.05) is 6.92 Å². The third kappa shape index (κ3) is 7.68. The van der Waals surface area contributed by atoms with Gasteiger partial charge in [-0.25, -0.2) is 4.79 Å². The standard InChI is InChI=1S/C15H28N2O4/c1-4-7-8-9-14(19)17(5-2)12(10-11-13(16)18)15(20)21-6-3/h12H,4-11H2,1-3H3,(H2,16,18)/t12-/m0/s1. The first-order chi connectivity index (χ1) is 9.97. The molecule has 0 heterocycles. The fourth-order valence-corrected chi connectivity index (χ4v) is 2.16. The molecule has 122 valence electrons. The maximum atomic E-state index is 12.2. The lowest BCUT2D eigenvalue weighted by molar-refractivity contribution is -0.155. The second kappa shape index (κ2) is 11.1. The molecule has 0 aliphatic rings. The van der Waals surface area contributed by atoms with Gasteiger partial charge in [0.1, 0.15) is 6.04 Å². The Labute approximate surface area is 127 Å². The number of ether oxygens (including phenoxy) is 1. The van der Waals surface area contributed by atoms with Gasteiger partial charge in [0, 0.05) is 19.4 Å². The minimum absolute atomic E-state index is 0.0578. The molecule has 0 spiro atoms. The Morgan fingerprint density at radius 3 is 2.24 bits per heavy atom. The Balaban J connectivity index is 4.82. The van der Waals surface area contributed by atoms with E-state index < -0.39 is 17.9 Å². The number of hydrogen-bond acceptors (Lipinski definition) is 4. The van der Waals surface area contributed by atoms with Crippen LogP contribution in [0.25, 0.3) is 0 Å². The van der Waals surface area contributed by atoms with Crippen molar-refractivity contribution in [3.8, 4) is 0 Å². The van der Waals surface area contributed by atoms with E-state index in [1.54, 1.807) is 6.92 Å². The zero-order chi connectivity index (χ0) is 16.3. The second-order valence-electron chi connectivity index (χ2n) is 4.91. The zero-order valence-electron chi connectivity index (χ0n) is 13.4. The number of unbranched alkanes of at least 4 members (excludes halogenated alkanes) is 2. The van der Waals surface area contributed by atoms with Crippen molar-refractivity contribution in [2.75, 3.05) is 13.2 Å². The van der Waals surface area contributed by atoms with Crippen molar-refractivity contribution >= 4 is 17.8 Å². The van der Waals surface area contributed by atoms with Gasteiger partial charge in [-0.05, 0) is 26.7 Å². The van der Waals surface area contributed by atoms with Crippen molar-refractivity contribution in [3.05, 3.63) is 0 Å². The van der Waals surface area contributed by atoms with Gasteiger partial charge in [0.05, 0.1) is 6.61 Å². The molecule has 2 amide bonds. The molecule has 0 unspecified atom stereocenters. The van der Waals surface area contributed by atoms with Crippen molar-refractivity contribution in [1.82, 2.24) is 4.90 Å². The van der Waals surface area contributed by atoms with Gasteiger partial charge in [-0.3, -0.25) is 9.59 Å². The molecule has 0 fully saturated rings. The van der Waals surface area contributed by atoms with Gasteiger partial charge in [0.25, 0.3) is 0 Å². The average Bonchev–Trinajstić information content (AvgIpc) is 2.43. The van der Waals surface area contributed by atoms with E-state index in [1.165, 1.54) is 4.90 Å². The van der Waals surface area contributed by atoms with Crippen LogP contribution in [0, 0.1) is 0 Å². The lowest BCUT2D eigenvalue weighted by atomic mass is 10.1. The second-order valence-corrected chi connectivity index (χ2v) is 4.91. The molecular weight excluding hydrogens is 272 g/mol. The number of likely N-dealkylation sites (N-methyl/N-ethyl adjacent to an activating group) is 1. The number of rotatable bonds is 11. The van der Waals surface area contributed by atoms with Gasteiger partial charge in [-0.15, -0.1) is 0 Å². The van der Waals surface area contributed by atoms with Crippen LogP contribution in [0.4, 0.5) is 0 Å². The Morgan fingerprint density at radius 2 is 1.76 bits per heavy atom. The first kappa shape index (κ1) is 19.4. The van der Waals surface area contributed by atoms with E-state index in [2.05, 4.69) is 6.92 Å². The van der Waals surface area contributed by atoms with Crippen molar-refractivity contribution in [3.63, 3.8) is 0 Å². The third-order valence-corrected chi connectivity index (χ3v) is 3.25. The molecule has 2 N–H and O–H groups in total. The summed E-state index contributed by atoms with van der Waals surface area (Å²) in [6.07, 6.45) is 3.49. The minimum Gasteiger partial charge on any atom is -0.464 e. The predicted octanol–water partition coefficient (Wildman–Crippen LogP) is 1.61. The molecule has 0 bridgehead atoms. The maximum Gasteiger partial charge on any atom is 0.328 e. The fraction of sp³-hybridized carbons (Fsp3) is 0.800. The van der Waals surface area contributed by atoms with E-state index >= 15 is 0 Å². The lowest BCUT2D eigenvalue weighted by Gasteiger charge is -2.29. The van der Waals surface area contributed by atoms with Crippen molar-refractivity contribution in [2.24, 2.45) is 5.73 Å². The summed E-state index contributed by atoms with van der Waals surface area (Å²) < 4.78 is 5.01. The Hall–Kier alpha value is -1.59. The van der Waals surface area contributed by atoms with Crippen molar-refractivity contribution < 1.29 is 19.1 Å². The van der Waals surface area contributed by atoms with Crippen LogP contribution in [0.3, 0.4) is 0 Å². The van der Waals surface area contributed by atoms with Crippen LogP contribution < -0.4 is 5.73 Å². The highest BCUT2D eigenvalue weighted by molar-refractivity contribution is 5.85. The predicted molar refractivity (Wildman–Crippen MR) is 80.4 cm³/mol. The molecule has 0 saturated carbocycles. The number of primary amides is 1. The van der Waals surface area contributed by atoms with Crippen LogP contribution in [0.2, 0.25) is 0 Å². The SMILES string of the molecule is CCCCCC(=O)N(CC)[C@@H](CCC(N)=O)C(=O)OCC. The highest BCUT2D eigenvalue weighted by atomic mass is 16.5. The highest BCUT2D eigenvalue weighted by Gasteiger charge is 2.29. The molecule has 21 heavy (non-hydrogen) atoms. The molecule has 0 aromatic rings. The van der Waals surface area contributed by atoms with Crippen LogP contribution in [-0.4, -0.2) is 41.9 Å². The topological polar surface area (TPSA) is 89.7 Å². The summed E-state index contributed by atoms with van der Waals surface area (Å²) in [6.45, 7) is 6.24. The molecule has 6 nitrogen and oxygen atoms in total. The monoisotopic (exact) mass is 300 g/mol. The summed E-state index contributed by atoms with van der Waals surface area (Å²) in [5.74, 6) is -1.03. The van der Waals surface area contributed by atoms with Gasteiger partial charge in [0.15, 0.2) is 0 Å². The van der Waals surface area contributed by atoms with Crippen LogP contribution in [0.1, 0.15) is 59.3 Å². The fourth-order valence-electron chi connectivity index (χ4n) is 2.16. The number of amides is 2. The van der Waals surface area contributed by atoms with Gasteiger partial charge in [-0.2, -0.15) is 0 Å². The molecule has 0 aromatic carbocycles. The Morgan fingerprint density at radius 1 is 1.10 bits per heavy atom. The average molecular weight is 300 g/mol. The molecule has 6 heteroatoms. The Bertz CT molecular complexity index is 345. The molecular formula is C15H28N2O4. The number of carbonyl (C=O) groups is 3. The van der Waals surface area contributed by atoms with E-state index in [9.17, 15) is 14.4 Å². The molecule has 0 aromatic heterocycles. The summed E-state index contributed by atoms with van der Waals surface area (Å²) in [7, 11) is 0. The molecule has 1 atom stereocenters. The zero-order valence-corrected chi connectivity index (χ0v) is 13.4. The minimum atomic E-state index is -0.725. The normalized spacial score (nSPS) is 11.8. The molecule has 0 aliphatic carbocycles. The summed E-state index contributed by atoms with van der Waals surface area (Å²) in [5, 5.41) is 0. The van der Waals surface area contributed by atoms with E-state index in [0.717, 1.165) is 19.3 Å². The number of hydrogen-bond donors (Lipinski definition) is 1. The lowest BCUT2D eigenvalue weighted by Crippen LogP contribution is -2.46. The summed E-state index contributed by atoms with van der Waals surface area (Å²) in [5.41, 5.74) is 5.14. The smallest absolute Gasteiger partial charge is 0.328 e. The van der Waals surface area contributed by atoms with Gasteiger partial charge >= 0.3 is 5.97 Å². The molecule has 0 radical (unpaired) electrons. The maximum absolute atomic E-state index is 12.2. The van der Waals surface area contributed by atoms with E-state index in [4.69, 9.17) is 10.5 Å². The van der Waals surface area contributed by atoms with Crippen molar-refractivity contribution in [1.29, 1.82) is 0 Å². The first-order valence-electron chi connectivity index (χ1n) is 7.72. The van der Waals surface area contributed by atoms with Crippen LogP contribution in [-0.2, 0) is 19.1 Å². The summed E-state index contributed by atoms with van der Waals surface area (Å²) >= 11 is 0. The van der Waals surface area contributed by atoms with E-state index in [0.29, 0.717) is 13.0 Å². The summed E-state index contributed by atoms with van der Waals surface area (Å²) in [4.78, 5) is 36.7. The largest absolute Gasteiger partial charge is 0.464 e. The number of nitrogens with two attached hydrogens (primary N) is 1. The quantitative estimate of drug-likeness (QED) is 0.463. The highest BCUT2D eigenvalue weighted by Crippen LogP contribution is 2.13. The molecule has 0 saturated heterocycles. The van der Waals surface area contributed by atoms with Gasteiger partial charge < -0.3 is 15.4 Å². The number of carbonyl (C=O) groups excluding carboxylic acids is 3.